The Labute approximate surface area is 147 Å². The van der Waals surface area contributed by atoms with E-state index in [1.54, 1.807) is 0 Å². The Morgan fingerprint density at radius 2 is 1.29 bits per heavy atom. The lowest BCUT2D eigenvalue weighted by atomic mass is 9.85. The average molecular weight is 341 g/mol. The minimum absolute atomic E-state index is 0.125. The highest BCUT2D eigenvalue weighted by Crippen LogP contribution is 2.51. The normalized spacial score (nSPS) is 19.1. The number of hydrogen-bond acceptors (Lipinski definition) is 2. The van der Waals surface area contributed by atoms with Crippen LogP contribution in [0.1, 0.15) is 44.2 Å². The summed E-state index contributed by atoms with van der Waals surface area (Å²) in [5.41, 5.74) is 2.70. The largest absolute Gasteiger partial charge is 0.394 e. The Bertz CT molecular complexity index is 576. The molecule has 0 radical (unpaired) electrons. The van der Waals surface area contributed by atoms with Crippen molar-refractivity contribution < 1.29 is 8.85 Å². The Hall–Kier alpha value is -1.42. The van der Waals surface area contributed by atoms with Gasteiger partial charge in [0.1, 0.15) is 0 Å². The van der Waals surface area contributed by atoms with Crippen LogP contribution >= 0.6 is 0 Å². The van der Waals surface area contributed by atoms with Gasteiger partial charge in [-0.05, 0) is 37.4 Å². The monoisotopic (exact) mass is 340 g/mol. The van der Waals surface area contributed by atoms with E-state index in [1.165, 1.54) is 24.0 Å². The molecular formula is C21H28O2Si. The molecule has 0 spiro atoms. The third kappa shape index (κ3) is 2.85. The summed E-state index contributed by atoms with van der Waals surface area (Å²) in [5, 5.41) is -0.125. The van der Waals surface area contributed by atoms with Gasteiger partial charge >= 0.3 is 8.56 Å². The fraction of sp³-hybridized carbons (Fsp3) is 0.429. The van der Waals surface area contributed by atoms with Gasteiger partial charge in [-0.1, -0.05) is 73.5 Å². The Morgan fingerprint density at radius 1 is 0.792 bits per heavy atom. The van der Waals surface area contributed by atoms with Crippen LogP contribution in [0, 0.1) is 0 Å². The van der Waals surface area contributed by atoms with Crippen molar-refractivity contribution in [3.8, 4) is 0 Å². The van der Waals surface area contributed by atoms with Crippen molar-refractivity contribution >= 4 is 8.56 Å². The van der Waals surface area contributed by atoms with Crippen LogP contribution in [0.15, 0.2) is 60.7 Å². The second kappa shape index (κ2) is 7.64. The van der Waals surface area contributed by atoms with Crippen molar-refractivity contribution in [2.45, 2.75) is 44.2 Å². The highest BCUT2D eigenvalue weighted by atomic mass is 28.4. The minimum atomic E-state index is -2.44. The maximum atomic E-state index is 6.55. The van der Waals surface area contributed by atoms with Crippen LogP contribution in [0.3, 0.4) is 0 Å². The van der Waals surface area contributed by atoms with Crippen LogP contribution in [0.2, 0.25) is 6.04 Å². The Balaban J connectivity index is 2.25. The maximum absolute atomic E-state index is 6.55. The topological polar surface area (TPSA) is 18.5 Å². The van der Waals surface area contributed by atoms with E-state index in [1.807, 2.05) is 0 Å². The second-order valence-corrected chi connectivity index (χ2v) is 9.90. The summed E-state index contributed by atoms with van der Waals surface area (Å²) in [6, 6.07) is 22.9. The van der Waals surface area contributed by atoms with Crippen LogP contribution in [-0.4, -0.2) is 21.8 Å². The molecule has 2 aromatic rings. The lowest BCUT2D eigenvalue weighted by Gasteiger charge is -2.50. The van der Waals surface area contributed by atoms with E-state index < -0.39 is 8.56 Å². The molecule has 2 nitrogen and oxygen atoms in total. The predicted octanol–water partition coefficient (Wildman–Crippen LogP) is 5.21. The van der Waals surface area contributed by atoms with E-state index in [0.717, 1.165) is 12.5 Å². The Morgan fingerprint density at radius 3 is 1.75 bits per heavy atom. The third-order valence-corrected chi connectivity index (χ3v) is 9.90. The van der Waals surface area contributed by atoms with Crippen molar-refractivity contribution in [3.05, 3.63) is 71.8 Å². The zero-order valence-corrected chi connectivity index (χ0v) is 15.8. The number of hydrogen-bond donors (Lipinski definition) is 0. The number of benzene rings is 2. The molecule has 128 valence electrons. The van der Waals surface area contributed by atoms with Crippen LogP contribution in [-0.2, 0) is 13.9 Å². The van der Waals surface area contributed by atoms with Crippen LogP contribution in [0.5, 0.6) is 0 Å². The van der Waals surface area contributed by atoms with E-state index in [4.69, 9.17) is 8.85 Å². The standard InChI is InChI=1S/C21H28O2Si/c1-3-22-24(23-4-2)18-12-11-17-21(24,19-13-7-5-8-14-19)20-15-9-6-10-16-20/h5-10,13-16H,3-4,11-12,17-18H2,1-2H3. The quantitative estimate of drug-likeness (QED) is 0.672. The molecule has 3 heteroatoms. The first-order chi connectivity index (χ1) is 11.8. The second-order valence-electron chi connectivity index (χ2n) is 6.46. The van der Waals surface area contributed by atoms with Crippen LogP contribution < -0.4 is 0 Å². The molecule has 0 N–H and O–H groups in total. The zero-order chi connectivity index (χ0) is 16.9. The molecule has 2 aromatic carbocycles. The average Bonchev–Trinajstić information content (AvgIpc) is 2.64. The van der Waals surface area contributed by atoms with Gasteiger partial charge < -0.3 is 8.85 Å². The van der Waals surface area contributed by atoms with Gasteiger partial charge in [0.05, 0.1) is 5.04 Å². The van der Waals surface area contributed by atoms with E-state index in [9.17, 15) is 0 Å². The first-order valence-corrected chi connectivity index (χ1v) is 11.2. The van der Waals surface area contributed by atoms with Crippen molar-refractivity contribution in [1.82, 2.24) is 0 Å². The summed E-state index contributed by atoms with van der Waals surface area (Å²) in [6.45, 7) is 5.63. The Kier molecular flexibility index (Phi) is 5.54. The molecular weight excluding hydrogens is 312 g/mol. The molecule has 0 unspecified atom stereocenters. The van der Waals surface area contributed by atoms with Crippen molar-refractivity contribution in [2.75, 3.05) is 13.2 Å². The SMILES string of the molecule is CCO[Si]1(OCC)CCCCC1(c1ccccc1)c1ccccc1. The van der Waals surface area contributed by atoms with Crippen LogP contribution in [0.25, 0.3) is 0 Å². The molecule has 1 aliphatic rings. The first kappa shape index (κ1) is 17.4. The highest BCUT2D eigenvalue weighted by molar-refractivity contribution is 6.71. The lowest BCUT2D eigenvalue weighted by molar-refractivity contribution is 0.148. The van der Waals surface area contributed by atoms with Gasteiger partial charge in [-0.15, -0.1) is 0 Å². The van der Waals surface area contributed by atoms with Crippen molar-refractivity contribution in [1.29, 1.82) is 0 Å². The summed E-state index contributed by atoms with van der Waals surface area (Å²) < 4.78 is 13.1. The van der Waals surface area contributed by atoms with Gasteiger partial charge in [-0.2, -0.15) is 0 Å². The lowest BCUT2D eigenvalue weighted by Crippen LogP contribution is -2.63. The summed E-state index contributed by atoms with van der Waals surface area (Å²) in [6.07, 6.45) is 3.53. The molecule has 24 heavy (non-hydrogen) atoms. The molecule has 0 saturated carbocycles. The zero-order valence-electron chi connectivity index (χ0n) is 14.8. The molecule has 1 heterocycles. The maximum Gasteiger partial charge on any atom is 0.353 e. The van der Waals surface area contributed by atoms with Gasteiger partial charge in [0.2, 0.25) is 0 Å². The van der Waals surface area contributed by atoms with Gasteiger partial charge in [0.25, 0.3) is 0 Å². The van der Waals surface area contributed by atoms with Gasteiger partial charge in [0.15, 0.2) is 0 Å². The smallest absolute Gasteiger partial charge is 0.353 e. The summed E-state index contributed by atoms with van der Waals surface area (Å²) in [4.78, 5) is 0. The molecule has 1 aliphatic heterocycles. The fourth-order valence-corrected chi connectivity index (χ4v) is 9.10. The summed E-state index contributed by atoms with van der Waals surface area (Å²) in [5.74, 6) is 0. The molecule has 0 aromatic heterocycles. The van der Waals surface area contributed by atoms with Gasteiger partial charge in [-0.25, -0.2) is 0 Å². The van der Waals surface area contributed by atoms with Crippen LogP contribution in [0.4, 0.5) is 0 Å². The third-order valence-electron chi connectivity index (χ3n) is 5.25. The number of rotatable bonds is 6. The molecule has 0 aliphatic carbocycles. The van der Waals surface area contributed by atoms with Crippen molar-refractivity contribution in [2.24, 2.45) is 0 Å². The van der Waals surface area contributed by atoms with Crippen molar-refractivity contribution in [3.63, 3.8) is 0 Å². The molecule has 0 atom stereocenters. The van der Waals surface area contributed by atoms with E-state index >= 15 is 0 Å². The molecule has 3 rings (SSSR count). The highest BCUT2D eigenvalue weighted by Gasteiger charge is 2.60. The van der Waals surface area contributed by atoms with E-state index in [-0.39, 0.29) is 5.04 Å². The fourth-order valence-electron chi connectivity index (χ4n) is 4.39. The van der Waals surface area contributed by atoms with E-state index in [0.29, 0.717) is 13.2 Å². The van der Waals surface area contributed by atoms with Gasteiger partial charge in [-0.3, -0.25) is 0 Å². The minimum Gasteiger partial charge on any atom is -0.394 e. The molecule has 0 amide bonds. The van der Waals surface area contributed by atoms with Gasteiger partial charge in [0, 0.05) is 13.2 Å². The molecule has 1 saturated heterocycles. The molecule has 1 fully saturated rings. The summed E-state index contributed by atoms with van der Waals surface area (Å²) >= 11 is 0. The summed E-state index contributed by atoms with van der Waals surface area (Å²) in [7, 11) is -2.44. The first-order valence-electron chi connectivity index (χ1n) is 9.18. The predicted molar refractivity (Wildman–Crippen MR) is 101 cm³/mol. The van der Waals surface area contributed by atoms with E-state index in [2.05, 4.69) is 74.5 Å². The molecule has 0 bridgehead atoms.